The summed E-state index contributed by atoms with van der Waals surface area (Å²) in [5.41, 5.74) is -7.48. The van der Waals surface area contributed by atoms with Crippen molar-refractivity contribution < 1.29 is 44.6 Å². The van der Waals surface area contributed by atoms with Crippen LogP contribution in [0, 0.1) is 5.82 Å². The molecule has 0 atom stereocenters. The molecule has 0 heterocycles. The van der Waals surface area contributed by atoms with Gasteiger partial charge in [-0.25, -0.2) is 4.39 Å². The van der Waals surface area contributed by atoms with Gasteiger partial charge in [0, 0.05) is 17.2 Å². The van der Waals surface area contributed by atoms with Gasteiger partial charge < -0.3 is 5.11 Å². The fraction of sp³-hybridized carbons (Fsp3) is 0.600. The summed E-state index contributed by atoms with van der Waals surface area (Å²) in [6.07, 6.45) is -13.2. The maximum atomic E-state index is 14.0. The van der Waals surface area contributed by atoms with Gasteiger partial charge in [0.15, 0.2) is 0 Å². The highest BCUT2D eigenvalue weighted by Gasteiger charge is 2.76. The highest BCUT2D eigenvalue weighted by atomic mass is 19.4. The Labute approximate surface area is 135 Å². The van der Waals surface area contributed by atoms with Crippen LogP contribution in [0.5, 0.6) is 5.75 Å². The van der Waals surface area contributed by atoms with Crippen molar-refractivity contribution >= 4 is 0 Å². The molecule has 0 amide bonds. The van der Waals surface area contributed by atoms with Crippen LogP contribution in [-0.4, -0.2) is 23.4 Å². The van der Waals surface area contributed by atoms with Crippen LogP contribution in [0.1, 0.15) is 36.8 Å². The first-order valence-corrected chi connectivity index (χ1v) is 7.24. The molecule has 1 N–H and O–H groups in total. The lowest BCUT2D eigenvalue weighted by atomic mass is 9.83. The maximum Gasteiger partial charge on any atom is 0.454 e. The quantitative estimate of drug-likeness (QED) is 0.703. The summed E-state index contributed by atoms with van der Waals surface area (Å²) in [6.45, 7) is 0. The second-order valence-electron chi connectivity index (χ2n) is 6.58. The Bertz CT molecular complexity index is 709. The van der Waals surface area contributed by atoms with Gasteiger partial charge >= 0.3 is 18.3 Å². The first kappa shape index (κ1) is 18.2. The molecular weight excluding hydrogens is 367 g/mol. The molecule has 25 heavy (non-hydrogen) atoms. The van der Waals surface area contributed by atoms with Crippen molar-refractivity contribution in [2.75, 3.05) is 0 Å². The van der Waals surface area contributed by atoms with E-state index in [1.54, 1.807) is 0 Å². The van der Waals surface area contributed by atoms with Crippen LogP contribution < -0.4 is 0 Å². The van der Waals surface area contributed by atoms with Crippen molar-refractivity contribution in [2.24, 2.45) is 0 Å². The van der Waals surface area contributed by atoms with E-state index in [9.17, 15) is 44.6 Å². The Kier molecular flexibility index (Phi) is 3.46. The molecule has 0 radical (unpaired) electrons. The molecule has 0 saturated heterocycles. The van der Waals surface area contributed by atoms with Gasteiger partial charge in [0.05, 0.1) is 10.8 Å². The second kappa shape index (κ2) is 4.76. The number of alkyl halides is 8. The molecule has 0 bridgehead atoms. The fourth-order valence-electron chi connectivity index (χ4n) is 3.29. The Balaban J connectivity index is 2.16. The van der Waals surface area contributed by atoms with E-state index in [1.165, 1.54) is 0 Å². The predicted molar refractivity (Wildman–Crippen MR) is 66.9 cm³/mol. The molecule has 2 saturated carbocycles. The third-order valence-electron chi connectivity index (χ3n) is 5.12. The van der Waals surface area contributed by atoms with Gasteiger partial charge in [0.25, 0.3) is 0 Å². The van der Waals surface area contributed by atoms with E-state index in [-0.39, 0.29) is 6.07 Å². The standard InChI is InChI=1S/C15H11F9O/c16-9-6-10(25)8(5-7(9)12(3-4-12)14(19,20)21)11(1-2-11)13(17,18)15(22,23)24/h5-6,25H,1-4H2. The number of hydrogen-bond acceptors (Lipinski definition) is 1. The molecule has 1 aromatic rings. The van der Waals surface area contributed by atoms with E-state index in [2.05, 4.69) is 0 Å². The maximum absolute atomic E-state index is 14.0. The Morgan fingerprint density at radius 1 is 0.760 bits per heavy atom. The zero-order valence-electron chi connectivity index (χ0n) is 12.3. The van der Waals surface area contributed by atoms with Crippen LogP contribution in [0.3, 0.4) is 0 Å². The van der Waals surface area contributed by atoms with Crippen molar-refractivity contribution in [1.82, 2.24) is 0 Å². The first-order valence-electron chi connectivity index (χ1n) is 7.24. The molecule has 2 fully saturated rings. The fourth-order valence-corrected chi connectivity index (χ4v) is 3.29. The van der Waals surface area contributed by atoms with Gasteiger partial charge in [-0.3, -0.25) is 0 Å². The zero-order valence-corrected chi connectivity index (χ0v) is 12.3. The smallest absolute Gasteiger partial charge is 0.454 e. The number of rotatable bonds is 3. The van der Waals surface area contributed by atoms with Gasteiger partial charge in [-0.05, 0) is 31.7 Å². The van der Waals surface area contributed by atoms with Crippen LogP contribution >= 0.6 is 0 Å². The summed E-state index contributed by atoms with van der Waals surface area (Å²) in [4.78, 5) is 0. The number of benzene rings is 1. The summed E-state index contributed by atoms with van der Waals surface area (Å²) in [6, 6.07) is 0.515. The summed E-state index contributed by atoms with van der Waals surface area (Å²) in [7, 11) is 0. The minimum absolute atomic E-state index is 0.184. The number of hydrogen-bond donors (Lipinski definition) is 1. The van der Waals surface area contributed by atoms with Crippen molar-refractivity contribution in [3.05, 3.63) is 29.1 Å². The molecule has 2 aliphatic rings. The minimum Gasteiger partial charge on any atom is -0.508 e. The van der Waals surface area contributed by atoms with Crippen LogP contribution in [0.2, 0.25) is 0 Å². The molecule has 140 valence electrons. The molecule has 1 nitrogen and oxygen atoms in total. The van der Waals surface area contributed by atoms with Crippen LogP contribution in [0.25, 0.3) is 0 Å². The second-order valence-corrected chi connectivity index (χ2v) is 6.58. The van der Waals surface area contributed by atoms with E-state index in [1.807, 2.05) is 0 Å². The molecule has 3 rings (SSSR count). The molecular formula is C15H11F9O. The Morgan fingerprint density at radius 2 is 1.24 bits per heavy atom. The van der Waals surface area contributed by atoms with Crippen molar-refractivity contribution in [3.8, 4) is 5.75 Å². The van der Waals surface area contributed by atoms with Crippen molar-refractivity contribution in [2.45, 2.75) is 54.8 Å². The highest BCUT2D eigenvalue weighted by Crippen LogP contribution is 2.66. The number of phenols is 1. The van der Waals surface area contributed by atoms with Gasteiger partial charge in [0.2, 0.25) is 0 Å². The lowest BCUT2D eigenvalue weighted by Crippen LogP contribution is -2.47. The first-order chi connectivity index (χ1) is 11.2. The Morgan fingerprint density at radius 3 is 1.60 bits per heavy atom. The van der Waals surface area contributed by atoms with E-state index in [4.69, 9.17) is 0 Å². The monoisotopic (exact) mass is 378 g/mol. The van der Waals surface area contributed by atoms with Gasteiger partial charge in [-0.2, -0.15) is 35.1 Å². The molecule has 0 spiro atoms. The largest absolute Gasteiger partial charge is 0.508 e. The van der Waals surface area contributed by atoms with Gasteiger partial charge in [-0.1, -0.05) is 0 Å². The summed E-state index contributed by atoms with van der Waals surface area (Å²) in [5.74, 6) is -7.95. The van der Waals surface area contributed by atoms with E-state index in [0.717, 1.165) is 0 Å². The molecule has 0 aromatic heterocycles. The minimum atomic E-state index is -5.95. The topological polar surface area (TPSA) is 20.2 Å². The average molecular weight is 378 g/mol. The third-order valence-corrected chi connectivity index (χ3v) is 5.12. The Hall–Kier alpha value is -1.61. The predicted octanol–water partition coefficient (Wildman–Crippen LogP) is 5.35. The van der Waals surface area contributed by atoms with Crippen molar-refractivity contribution in [1.29, 1.82) is 0 Å². The van der Waals surface area contributed by atoms with E-state index in [0.29, 0.717) is 6.07 Å². The van der Waals surface area contributed by atoms with Crippen molar-refractivity contribution in [3.63, 3.8) is 0 Å². The van der Waals surface area contributed by atoms with Crippen LogP contribution in [0.4, 0.5) is 39.5 Å². The third kappa shape index (κ3) is 2.32. The van der Waals surface area contributed by atoms with E-state index >= 15 is 0 Å². The molecule has 2 aliphatic carbocycles. The SMILES string of the molecule is Oc1cc(F)c(C2(C(F)(F)F)CC2)cc1C1(C(F)(F)C(F)(F)F)CC1. The molecule has 1 aromatic carbocycles. The van der Waals surface area contributed by atoms with Crippen LogP contribution in [0.15, 0.2) is 12.1 Å². The summed E-state index contributed by atoms with van der Waals surface area (Å²) < 4.78 is 119. The molecule has 0 aliphatic heterocycles. The normalized spacial score (nSPS) is 22.0. The molecule has 10 heteroatoms. The van der Waals surface area contributed by atoms with Crippen LogP contribution in [-0.2, 0) is 10.8 Å². The summed E-state index contributed by atoms with van der Waals surface area (Å²) >= 11 is 0. The number of halogens is 9. The van der Waals surface area contributed by atoms with Gasteiger partial charge in [-0.15, -0.1) is 0 Å². The lowest BCUT2D eigenvalue weighted by Gasteiger charge is -2.30. The lowest BCUT2D eigenvalue weighted by molar-refractivity contribution is -0.296. The van der Waals surface area contributed by atoms with Gasteiger partial charge in [0.1, 0.15) is 11.6 Å². The number of aromatic hydroxyl groups is 1. The average Bonchev–Trinajstić information content (AvgIpc) is 3.30. The zero-order chi connectivity index (χ0) is 19.1. The number of phenolic OH excluding ortho intramolecular Hbond substituents is 1. The molecule has 0 unspecified atom stereocenters. The highest BCUT2D eigenvalue weighted by molar-refractivity contribution is 5.51. The van der Waals surface area contributed by atoms with E-state index < -0.39 is 77.5 Å². The summed E-state index contributed by atoms with van der Waals surface area (Å²) in [5, 5.41) is 9.69.